The summed E-state index contributed by atoms with van der Waals surface area (Å²) in [6.45, 7) is 1.99. The molecule has 3 N–H and O–H groups in total. The third-order valence-corrected chi connectivity index (χ3v) is 7.95. The van der Waals surface area contributed by atoms with E-state index in [2.05, 4.69) is 10.6 Å². The predicted octanol–water partition coefficient (Wildman–Crippen LogP) is 4.26. The van der Waals surface area contributed by atoms with E-state index in [1.807, 2.05) is 43.3 Å². The topological polar surface area (TPSA) is 95.5 Å². The molecule has 5 rings (SSSR count). The first-order valence-electron chi connectivity index (χ1n) is 10.7. The number of carboxylic acid groups (broad SMARTS) is 1. The average Bonchev–Trinajstić information content (AvgIpc) is 3.49. The fourth-order valence-electron chi connectivity index (χ4n) is 5.27. The second-order valence-corrected chi connectivity index (χ2v) is 9.81. The van der Waals surface area contributed by atoms with Crippen LogP contribution in [-0.4, -0.2) is 22.9 Å². The smallest absolute Gasteiger partial charge is 0.307 e. The standard InChI is InChI=1S/C24H24N2O4S/c1-12-5-9-15(10-6-12)25-22(28)20-16-3-2-4-17(16)31-23(20)26-21(27)18-13-7-8-14(11-13)19(18)24(29)30/h5-10,13-14,18-19H,2-4,11H2,1H3,(H,25,28)(H,26,27)(H,29,30)/t13-,14-,18+,19-/m0/s1. The van der Waals surface area contributed by atoms with Crippen LogP contribution >= 0.6 is 11.3 Å². The Bertz CT molecular complexity index is 1100. The largest absolute Gasteiger partial charge is 0.481 e. The molecule has 2 amide bonds. The minimum Gasteiger partial charge on any atom is -0.481 e. The van der Waals surface area contributed by atoms with Crippen LogP contribution in [0.4, 0.5) is 10.7 Å². The molecule has 2 bridgehead atoms. The molecule has 1 heterocycles. The second kappa shape index (κ2) is 7.64. The number of thiophene rings is 1. The van der Waals surface area contributed by atoms with Gasteiger partial charge in [0.15, 0.2) is 0 Å². The molecular weight excluding hydrogens is 412 g/mol. The summed E-state index contributed by atoms with van der Waals surface area (Å²) in [5.74, 6) is -2.90. The van der Waals surface area contributed by atoms with Crippen LogP contribution < -0.4 is 10.6 Å². The lowest BCUT2D eigenvalue weighted by Crippen LogP contribution is -2.36. The Labute approximate surface area is 184 Å². The highest BCUT2D eigenvalue weighted by molar-refractivity contribution is 7.17. The minimum absolute atomic E-state index is 0.0530. The van der Waals surface area contributed by atoms with Gasteiger partial charge in [0, 0.05) is 10.6 Å². The van der Waals surface area contributed by atoms with Gasteiger partial charge in [-0.3, -0.25) is 14.4 Å². The van der Waals surface area contributed by atoms with E-state index in [1.165, 1.54) is 11.3 Å². The van der Waals surface area contributed by atoms with E-state index in [4.69, 9.17) is 0 Å². The van der Waals surface area contributed by atoms with Crippen molar-refractivity contribution in [2.45, 2.75) is 32.6 Å². The lowest BCUT2D eigenvalue weighted by Gasteiger charge is -2.23. The number of aliphatic carboxylic acids is 1. The molecule has 3 aliphatic rings. The van der Waals surface area contributed by atoms with Crippen molar-refractivity contribution in [1.29, 1.82) is 0 Å². The van der Waals surface area contributed by atoms with Gasteiger partial charge in [0.05, 0.1) is 17.4 Å². The molecule has 0 radical (unpaired) electrons. The normalized spacial score (nSPS) is 25.5. The van der Waals surface area contributed by atoms with Crippen molar-refractivity contribution in [1.82, 2.24) is 0 Å². The molecule has 6 nitrogen and oxygen atoms in total. The maximum atomic E-state index is 13.2. The number of hydrogen-bond acceptors (Lipinski definition) is 4. The first kappa shape index (κ1) is 20.0. The third kappa shape index (κ3) is 3.47. The fraction of sp³-hybridized carbons (Fsp3) is 0.375. The third-order valence-electron chi connectivity index (χ3n) is 6.74. The van der Waals surface area contributed by atoms with Gasteiger partial charge in [-0.2, -0.15) is 0 Å². The monoisotopic (exact) mass is 436 g/mol. The summed E-state index contributed by atoms with van der Waals surface area (Å²) in [6.07, 6.45) is 7.30. The lowest BCUT2D eigenvalue weighted by molar-refractivity contribution is -0.146. The summed E-state index contributed by atoms with van der Waals surface area (Å²) in [4.78, 5) is 39.3. The lowest BCUT2D eigenvalue weighted by atomic mass is 9.82. The van der Waals surface area contributed by atoms with Crippen LogP contribution in [0, 0.1) is 30.6 Å². The van der Waals surface area contributed by atoms with Gasteiger partial charge in [-0.1, -0.05) is 29.8 Å². The van der Waals surface area contributed by atoms with Crippen LogP contribution in [0.3, 0.4) is 0 Å². The van der Waals surface area contributed by atoms with Gasteiger partial charge in [0.1, 0.15) is 5.00 Å². The highest BCUT2D eigenvalue weighted by atomic mass is 32.1. The van der Waals surface area contributed by atoms with E-state index in [0.29, 0.717) is 22.7 Å². The molecule has 1 aromatic heterocycles. The van der Waals surface area contributed by atoms with Gasteiger partial charge in [-0.15, -0.1) is 11.3 Å². The van der Waals surface area contributed by atoms with E-state index in [-0.39, 0.29) is 23.7 Å². The number of fused-ring (bicyclic) bond motifs is 3. The number of aryl methyl sites for hydroxylation is 2. The van der Waals surface area contributed by atoms with E-state index in [9.17, 15) is 19.5 Å². The number of anilines is 2. The summed E-state index contributed by atoms with van der Waals surface area (Å²) in [5.41, 5.74) is 3.34. The van der Waals surface area contributed by atoms with E-state index < -0.39 is 17.8 Å². The van der Waals surface area contributed by atoms with Gasteiger partial charge in [0.2, 0.25) is 5.91 Å². The molecule has 1 saturated carbocycles. The number of carboxylic acids is 1. The zero-order valence-electron chi connectivity index (χ0n) is 17.2. The molecule has 0 unspecified atom stereocenters. The number of amides is 2. The molecule has 0 aliphatic heterocycles. The van der Waals surface area contributed by atoms with Crippen molar-refractivity contribution >= 4 is 39.8 Å². The Morgan fingerprint density at radius 1 is 1.00 bits per heavy atom. The maximum absolute atomic E-state index is 13.2. The number of rotatable bonds is 5. The first-order chi connectivity index (χ1) is 14.9. The Morgan fingerprint density at radius 2 is 1.71 bits per heavy atom. The summed E-state index contributed by atoms with van der Waals surface area (Å²) >= 11 is 1.45. The van der Waals surface area contributed by atoms with Crippen LogP contribution in [0.5, 0.6) is 0 Å². The van der Waals surface area contributed by atoms with Gasteiger partial charge in [-0.05, 0) is 62.1 Å². The highest BCUT2D eigenvalue weighted by Crippen LogP contribution is 2.49. The molecule has 1 aromatic carbocycles. The van der Waals surface area contributed by atoms with Crippen LogP contribution in [0.15, 0.2) is 36.4 Å². The van der Waals surface area contributed by atoms with E-state index in [0.717, 1.165) is 35.3 Å². The molecule has 4 atom stereocenters. The quantitative estimate of drug-likeness (QED) is 0.611. The number of allylic oxidation sites excluding steroid dienone is 2. The molecule has 3 aliphatic carbocycles. The van der Waals surface area contributed by atoms with Gasteiger partial charge < -0.3 is 15.7 Å². The van der Waals surface area contributed by atoms with Crippen molar-refractivity contribution in [2.75, 3.05) is 10.6 Å². The molecule has 31 heavy (non-hydrogen) atoms. The summed E-state index contributed by atoms with van der Waals surface area (Å²) in [5, 5.41) is 16.1. The fourth-order valence-corrected chi connectivity index (χ4v) is 6.56. The molecular formula is C24H24N2O4S. The Morgan fingerprint density at radius 3 is 2.42 bits per heavy atom. The van der Waals surface area contributed by atoms with E-state index >= 15 is 0 Å². The molecule has 160 valence electrons. The summed E-state index contributed by atoms with van der Waals surface area (Å²) in [6, 6.07) is 7.59. The van der Waals surface area contributed by atoms with Crippen LogP contribution in [0.25, 0.3) is 0 Å². The molecule has 1 fully saturated rings. The number of carbonyl (C=O) groups excluding carboxylic acids is 2. The maximum Gasteiger partial charge on any atom is 0.307 e. The number of benzene rings is 1. The van der Waals surface area contributed by atoms with E-state index in [1.54, 1.807) is 0 Å². The van der Waals surface area contributed by atoms with Crippen LogP contribution in [0.2, 0.25) is 0 Å². The van der Waals surface area contributed by atoms with Crippen LogP contribution in [0.1, 0.15) is 39.2 Å². The zero-order valence-corrected chi connectivity index (χ0v) is 18.0. The number of hydrogen-bond donors (Lipinski definition) is 3. The summed E-state index contributed by atoms with van der Waals surface area (Å²) in [7, 11) is 0. The first-order valence-corrected chi connectivity index (χ1v) is 11.5. The molecule has 2 aromatic rings. The van der Waals surface area contributed by atoms with Crippen molar-refractivity contribution < 1.29 is 19.5 Å². The Hall–Kier alpha value is -2.93. The predicted molar refractivity (Wildman–Crippen MR) is 119 cm³/mol. The molecule has 0 saturated heterocycles. The number of nitrogens with one attached hydrogen (secondary N) is 2. The van der Waals surface area contributed by atoms with Crippen molar-refractivity contribution in [3.63, 3.8) is 0 Å². The number of carbonyl (C=O) groups is 3. The van der Waals surface area contributed by atoms with Gasteiger partial charge in [0.25, 0.3) is 5.91 Å². The van der Waals surface area contributed by atoms with Crippen molar-refractivity contribution in [3.05, 3.63) is 58.0 Å². The second-order valence-electron chi connectivity index (χ2n) is 8.71. The minimum atomic E-state index is -0.928. The zero-order chi connectivity index (χ0) is 21.7. The molecule has 7 heteroatoms. The Balaban J connectivity index is 1.42. The highest BCUT2D eigenvalue weighted by Gasteiger charge is 2.51. The average molecular weight is 437 g/mol. The molecule has 0 spiro atoms. The Kier molecular flexibility index (Phi) is 4.93. The van der Waals surface area contributed by atoms with Gasteiger partial charge in [-0.25, -0.2) is 0 Å². The summed E-state index contributed by atoms with van der Waals surface area (Å²) < 4.78 is 0. The SMILES string of the molecule is Cc1ccc(NC(=O)c2c(NC(=O)[C@H]3[C@@H](C(=O)O)[C@H]4C=C[C@H]3C4)sc3c2CCC3)cc1. The van der Waals surface area contributed by atoms with Crippen molar-refractivity contribution in [3.8, 4) is 0 Å². The van der Waals surface area contributed by atoms with Crippen molar-refractivity contribution in [2.24, 2.45) is 23.7 Å². The van der Waals surface area contributed by atoms with Crippen LogP contribution in [-0.2, 0) is 22.4 Å². The van der Waals surface area contributed by atoms with Gasteiger partial charge >= 0.3 is 5.97 Å².